The number of ketones is 2. The van der Waals surface area contributed by atoms with Gasteiger partial charge in [0.15, 0.2) is 7.28 Å². The molecular formula is C45H70BNO12. The first kappa shape index (κ1) is 48.3. The Labute approximate surface area is 351 Å². The Balaban J connectivity index is 1.67. The normalized spacial score (nSPS) is 37.2. The molecule has 1 aliphatic carbocycles. The van der Waals surface area contributed by atoms with Gasteiger partial charge in [-0.3, -0.25) is 24.0 Å². The van der Waals surface area contributed by atoms with Crippen molar-refractivity contribution in [1.82, 2.24) is 4.90 Å². The zero-order valence-corrected chi connectivity index (χ0v) is 36.7. The van der Waals surface area contributed by atoms with Crippen LogP contribution in [0, 0.1) is 29.6 Å². The highest BCUT2D eigenvalue weighted by Gasteiger charge is 2.55. The molecule has 2 saturated heterocycles. The van der Waals surface area contributed by atoms with Crippen molar-refractivity contribution in [3.8, 4) is 0 Å². The maximum absolute atomic E-state index is 14.3. The largest absolute Gasteiger partial charge is 0.481 e. The van der Waals surface area contributed by atoms with E-state index in [9.17, 15) is 33.9 Å². The molecule has 2 N–H and O–H groups in total. The molecule has 3 fully saturated rings. The number of hydrogen-bond donors (Lipinski definition) is 2. The van der Waals surface area contributed by atoms with E-state index in [0.29, 0.717) is 70.6 Å². The summed E-state index contributed by atoms with van der Waals surface area (Å²) in [6.07, 6.45) is 8.87. The van der Waals surface area contributed by atoms with Crippen LogP contribution >= 0.6 is 0 Å². The van der Waals surface area contributed by atoms with Gasteiger partial charge in [-0.25, -0.2) is 4.79 Å². The van der Waals surface area contributed by atoms with E-state index in [1.807, 2.05) is 27.7 Å². The van der Waals surface area contributed by atoms with Crippen molar-refractivity contribution >= 4 is 42.7 Å². The van der Waals surface area contributed by atoms with E-state index in [4.69, 9.17) is 24.1 Å². The van der Waals surface area contributed by atoms with Crippen LogP contribution in [0.15, 0.2) is 23.3 Å². The van der Waals surface area contributed by atoms with Gasteiger partial charge >= 0.3 is 17.9 Å². The lowest BCUT2D eigenvalue weighted by molar-refractivity contribution is -0.166. The number of Topliss-reactive ketones (excluding diaryl/α,β-unsaturated/α-hetero) is 2. The first-order valence-corrected chi connectivity index (χ1v) is 22.1. The highest BCUT2D eigenvalue weighted by molar-refractivity contribution is 6.58. The number of carbonyl (C=O) groups is 6. The number of allylic oxidation sites excluding steroid dienone is 3. The lowest BCUT2D eigenvalue weighted by Crippen LogP contribution is -2.64. The molecule has 0 aromatic carbocycles. The lowest BCUT2D eigenvalue weighted by atomic mass is 9.39. The Morgan fingerprint density at radius 3 is 2.27 bits per heavy atom. The highest BCUT2D eigenvalue weighted by Crippen LogP contribution is 2.42. The Hall–Kier alpha value is -3.36. The number of piperidine rings is 1. The number of carbonyl (C=O) groups excluding carboxylic acids is 5. The van der Waals surface area contributed by atoms with E-state index in [0.717, 1.165) is 17.6 Å². The molecule has 10 atom stereocenters. The second-order valence-electron chi connectivity index (χ2n) is 18.2. The van der Waals surface area contributed by atoms with Gasteiger partial charge in [-0.1, -0.05) is 45.4 Å². The highest BCUT2D eigenvalue weighted by atomic mass is 16.6. The van der Waals surface area contributed by atoms with Gasteiger partial charge in [0.05, 0.1) is 12.2 Å². The Morgan fingerprint density at radius 1 is 0.983 bits per heavy atom. The third-order valence-electron chi connectivity index (χ3n) is 13.6. The molecule has 3 aliphatic heterocycles. The first-order chi connectivity index (χ1) is 27.9. The van der Waals surface area contributed by atoms with Gasteiger partial charge in [0.2, 0.25) is 5.78 Å². The first-order valence-electron chi connectivity index (χ1n) is 22.1. The van der Waals surface area contributed by atoms with Gasteiger partial charge < -0.3 is 34.1 Å². The molecule has 0 aromatic heterocycles. The van der Waals surface area contributed by atoms with Crippen LogP contribution in [0.3, 0.4) is 0 Å². The summed E-state index contributed by atoms with van der Waals surface area (Å²) in [4.78, 5) is 81.0. The van der Waals surface area contributed by atoms with Crippen molar-refractivity contribution in [3.05, 3.63) is 23.3 Å². The monoisotopic (exact) mass is 827 g/mol. The number of carboxylic acids is 1. The van der Waals surface area contributed by atoms with Crippen LogP contribution in [0.5, 0.6) is 0 Å². The number of rotatable bonds is 8. The molecule has 330 valence electrons. The molecule has 1 saturated carbocycles. The van der Waals surface area contributed by atoms with Crippen molar-refractivity contribution in [2.24, 2.45) is 29.6 Å². The number of fused-ring (bicyclic) bond motifs is 3. The fourth-order valence-electron chi connectivity index (χ4n) is 10.2. The summed E-state index contributed by atoms with van der Waals surface area (Å²) in [6, 6.07) is -1.02. The van der Waals surface area contributed by atoms with Crippen LogP contribution < -0.4 is 0 Å². The zero-order chi connectivity index (χ0) is 43.6. The molecule has 0 spiro atoms. The van der Waals surface area contributed by atoms with Crippen LogP contribution in [0.2, 0.25) is 5.82 Å². The quantitative estimate of drug-likeness (QED) is 0.0997. The molecule has 13 nitrogen and oxygen atoms in total. The standard InChI is InChI=1S/C45H70BNO12/c1-9-32-21-26(2)20-27(3)22-36(56-7)40-37(57-8)24-30(6)45(55,46-40)42(52)43(53)47-19-11-10-12-34(47)44(54)59-41(28(4)13-18-35(32)48)29(5)23-31-14-16-33(17-15-31)58-39(51)25-38(49)50/h21,23,27-28,30-34,36-37,40-41,46,55H,9-20,22,24-25H2,1-8H3,(H,49,50)/b26-21+,29-23+/t27-,28+,30+,31-,32+,33-,34-,36-,37-,40+,41-,45-/m0/s1. The van der Waals surface area contributed by atoms with Gasteiger partial charge in [-0.05, 0) is 126 Å². The van der Waals surface area contributed by atoms with E-state index in [1.165, 1.54) is 4.90 Å². The second kappa shape index (κ2) is 21.9. The molecule has 0 radical (unpaired) electrons. The van der Waals surface area contributed by atoms with E-state index in [-0.39, 0.29) is 73.8 Å². The maximum Gasteiger partial charge on any atom is 0.329 e. The van der Waals surface area contributed by atoms with E-state index >= 15 is 0 Å². The number of aliphatic carboxylic acids is 1. The molecule has 14 heteroatoms. The number of nitrogens with zero attached hydrogens (tertiary/aromatic N) is 1. The van der Waals surface area contributed by atoms with Gasteiger partial charge in [-0.2, -0.15) is 0 Å². The zero-order valence-electron chi connectivity index (χ0n) is 36.7. The van der Waals surface area contributed by atoms with E-state index < -0.39 is 59.6 Å². The lowest BCUT2D eigenvalue weighted by Gasteiger charge is -2.46. The Morgan fingerprint density at radius 2 is 1.64 bits per heavy atom. The molecule has 59 heavy (non-hydrogen) atoms. The Kier molecular flexibility index (Phi) is 18.0. The number of aliphatic hydroxyl groups is 1. The van der Waals surface area contributed by atoms with Crippen molar-refractivity contribution in [2.45, 2.75) is 173 Å². The van der Waals surface area contributed by atoms with Gasteiger partial charge in [0, 0.05) is 33.1 Å². The van der Waals surface area contributed by atoms with E-state index in [2.05, 4.69) is 19.1 Å². The molecule has 4 aliphatic rings. The fourth-order valence-corrected chi connectivity index (χ4v) is 10.2. The van der Waals surface area contributed by atoms with Crippen LogP contribution in [0.4, 0.5) is 0 Å². The van der Waals surface area contributed by atoms with Gasteiger partial charge in [0.25, 0.3) is 5.91 Å². The summed E-state index contributed by atoms with van der Waals surface area (Å²) >= 11 is 0. The van der Waals surface area contributed by atoms with Crippen LogP contribution in [0.25, 0.3) is 0 Å². The molecule has 3 heterocycles. The molecule has 1 amide bonds. The molecular weight excluding hydrogens is 757 g/mol. The van der Waals surface area contributed by atoms with Crippen molar-refractivity contribution in [1.29, 1.82) is 0 Å². The van der Waals surface area contributed by atoms with Crippen molar-refractivity contribution in [2.75, 3.05) is 20.8 Å². The summed E-state index contributed by atoms with van der Waals surface area (Å²) in [5, 5.41) is 21.2. The van der Waals surface area contributed by atoms with E-state index in [1.54, 1.807) is 21.1 Å². The molecule has 4 rings (SSSR count). The predicted octanol–water partition coefficient (Wildman–Crippen LogP) is 5.74. The summed E-state index contributed by atoms with van der Waals surface area (Å²) in [7, 11) is 3.21. The number of hydrogen-bond acceptors (Lipinski definition) is 11. The van der Waals surface area contributed by atoms with Gasteiger partial charge in [-0.15, -0.1) is 0 Å². The number of methoxy groups -OCH3 is 2. The summed E-state index contributed by atoms with van der Waals surface area (Å²) in [5.41, 5.74) is -0.0880. The van der Waals surface area contributed by atoms with Crippen LogP contribution in [-0.4, -0.2) is 114 Å². The third-order valence-corrected chi connectivity index (χ3v) is 13.6. The number of ether oxygens (including phenoxy) is 4. The Bertz CT molecular complexity index is 1570. The van der Waals surface area contributed by atoms with Gasteiger partial charge in [0.1, 0.15) is 36.0 Å². The molecule has 0 unspecified atom stereocenters. The van der Waals surface area contributed by atoms with Crippen molar-refractivity contribution in [3.63, 3.8) is 0 Å². The fraction of sp³-hybridized carbons (Fsp3) is 0.778. The molecule has 0 aromatic rings. The SMILES string of the molecule is CC[C@@H]1/C=C(\C)C[C@H](C)C[C@H](OC)[C@H]2B[C@@](O)(C(=O)C(=O)N3CCCC[C@H]3C(=O)O[C@H](/C(C)=C/[C@H]3CC[C@H](OC(=O)CC(=O)O)CC3)[C@H](C)CCC1=O)[C@H](C)C[C@@H]2OC. The smallest absolute Gasteiger partial charge is 0.329 e. The average Bonchev–Trinajstić information content (AvgIpc) is 3.20. The molecule has 2 bridgehead atoms. The summed E-state index contributed by atoms with van der Waals surface area (Å²) in [6.45, 7) is 12.0. The predicted molar refractivity (Wildman–Crippen MR) is 223 cm³/mol. The second-order valence-corrected chi connectivity index (χ2v) is 18.2. The number of esters is 2. The third kappa shape index (κ3) is 12.6. The minimum Gasteiger partial charge on any atom is -0.481 e. The average molecular weight is 828 g/mol. The summed E-state index contributed by atoms with van der Waals surface area (Å²) in [5.74, 6) is -5.57. The number of carboxylic acid groups (broad SMARTS) is 1. The van der Waals surface area contributed by atoms with Crippen LogP contribution in [-0.2, 0) is 47.7 Å². The minimum absolute atomic E-state index is 0.0249. The van der Waals surface area contributed by atoms with Crippen LogP contribution in [0.1, 0.15) is 131 Å². The van der Waals surface area contributed by atoms with Crippen molar-refractivity contribution < 1.29 is 57.9 Å². The maximum atomic E-state index is 14.3. The number of cyclic esters (lactones) is 1. The topological polar surface area (TPSA) is 183 Å². The number of amides is 1. The summed E-state index contributed by atoms with van der Waals surface area (Å²) < 4.78 is 23.7. The minimum atomic E-state index is -1.99.